The molecule has 25 heavy (non-hydrogen) atoms. The Morgan fingerprint density at radius 2 is 1.76 bits per heavy atom. The molecule has 3 aliphatic heterocycles. The summed E-state index contributed by atoms with van der Waals surface area (Å²) in [5, 5.41) is 6.90. The maximum Gasteiger partial charge on any atom is 0.230 e. The Balaban J connectivity index is 0.00000182. The lowest BCUT2D eigenvalue weighted by Crippen LogP contribution is -2.51. The summed E-state index contributed by atoms with van der Waals surface area (Å²) in [5.41, 5.74) is 0.362. The second-order valence-corrected chi connectivity index (χ2v) is 7.76. The van der Waals surface area contributed by atoms with Crippen LogP contribution >= 0.6 is 12.4 Å². The van der Waals surface area contributed by atoms with Crippen LogP contribution in [0.3, 0.4) is 0 Å². The first-order valence-electron chi connectivity index (χ1n) is 8.99. The molecule has 3 heterocycles. The molecule has 0 aromatic heterocycles. The van der Waals surface area contributed by atoms with E-state index in [4.69, 9.17) is 9.47 Å². The van der Waals surface area contributed by atoms with E-state index in [1.54, 1.807) is 0 Å². The van der Waals surface area contributed by atoms with Gasteiger partial charge in [0.25, 0.3) is 0 Å². The Bertz CT molecular complexity index is 638. The number of carbonyl (C=O) groups is 1. The Kier molecular flexibility index (Phi) is 5.16. The van der Waals surface area contributed by atoms with Crippen LogP contribution in [0.4, 0.5) is 0 Å². The molecule has 6 heteroatoms. The van der Waals surface area contributed by atoms with Crippen LogP contribution in [0.15, 0.2) is 18.2 Å². The monoisotopic (exact) mass is 366 g/mol. The second kappa shape index (κ2) is 7.04. The van der Waals surface area contributed by atoms with Gasteiger partial charge in [-0.25, -0.2) is 0 Å². The fraction of sp³-hybridized carbons (Fsp3) is 0.632. The van der Waals surface area contributed by atoms with Crippen LogP contribution in [0.1, 0.15) is 45.1 Å². The van der Waals surface area contributed by atoms with Crippen molar-refractivity contribution < 1.29 is 14.3 Å². The lowest BCUT2D eigenvalue weighted by atomic mass is 9.82. The van der Waals surface area contributed by atoms with Crippen LogP contribution in [0.2, 0.25) is 0 Å². The van der Waals surface area contributed by atoms with E-state index in [1.165, 1.54) is 12.8 Å². The number of halogens is 1. The SMILES string of the molecule is CC(C)(C(=O)NC1CC2CCC(C1)N2)c1ccc2c(c1)OCCO2.Cl. The van der Waals surface area contributed by atoms with E-state index in [0.29, 0.717) is 25.3 Å². The predicted octanol–water partition coefficient (Wildman–Crippen LogP) is 2.56. The van der Waals surface area contributed by atoms with Crippen LogP contribution in [-0.2, 0) is 10.2 Å². The van der Waals surface area contributed by atoms with Gasteiger partial charge in [0.1, 0.15) is 13.2 Å². The van der Waals surface area contributed by atoms with Gasteiger partial charge in [-0.1, -0.05) is 6.07 Å². The maximum absolute atomic E-state index is 12.9. The van der Waals surface area contributed by atoms with Crippen LogP contribution in [0.5, 0.6) is 11.5 Å². The van der Waals surface area contributed by atoms with Gasteiger partial charge in [0, 0.05) is 18.1 Å². The Hall–Kier alpha value is -1.46. The van der Waals surface area contributed by atoms with Gasteiger partial charge >= 0.3 is 0 Å². The largest absolute Gasteiger partial charge is 0.486 e. The molecule has 2 atom stereocenters. The number of carbonyl (C=O) groups excluding carboxylic acids is 1. The average molecular weight is 367 g/mol. The molecule has 2 saturated heterocycles. The summed E-state index contributed by atoms with van der Waals surface area (Å²) in [6, 6.07) is 7.26. The number of rotatable bonds is 3. The summed E-state index contributed by atoms with van der Waals surface area (Å²) in [5.74, 6) is 1.58. The zero-order valence-corrected chi connectivity index (χ0v) is 15.7. The van der Waals surface area contributed by atoms with Crippen molar-refractivity contribution in [2.45, 2.75) is 63.1 Å². The quantitative estimate of drug-likeness (QED) is 0.863. The van der Waals surface area contributed by atoms with E-state index in [9.17, 15) is 4.79 Å². The van der Waals surface area contributed by atoms with Gasteiger partial charge in [0.15, 0.2) is 11.5 Å². The highest BCUT2D eigenvalue weighted by molar-refractivity contribution is 5.87. The molecule has 4 rings (SSSR count). The third-order valence-corrected chi connectivity index (χ3v) is 5.64. The zero-order chi connectivity index (χ0) is 16.7. The molecule has 0 aliphatic carbocycles. The molecule has 0 spiro atoms. The second-order valence-electron chi connectivity index (χ2n) is 7.76. The Morgan fingerprint density at radius 1 is 1.12 bits per heavy atom. The molecular weight excluding hydrogens is 340 g/mol. The van der Waals surface area contributed by atoms with Gasteiger partial charge in [-0.05, 0) is 57.2 Å². The highest BCUT2D eigenvalue weighted by atomic mass is 35.5. The maximum atomic E-state index is 12.9. The highest BCUT2D eigenvalue weighted by Crippen LogP contribution is 2.35. The van der Waals surface area contributed by atoms with Crippen LogP contribution in [0.25, 0.3) is 0 Å². The van der Waals surface area contributed by atoms with E-state index in [1.807, 2.05) is 32.0 Å². The minimum atomic E-state index is -0.597. The summed E-state index contributed by atoms with van der Waals surface area (Å²) in [6.45, 7) is 5.09. The number of ether oxygens (including phenoxy) is 2. The van der Waals surface area contributed by atoms with E-state index in [-0.39, 0.29) is 24.4 Å². The molecule has 2 N–H and O–H groups in total. The number of hydrogen-bond donors (Lipinski definition) is 2. The topological polar surface area (TPSA) is 59.6 Å². The predicted molar refractivity (Wildman–Crippen MR) is 98.8 cm³/mol. The number of piperidine rings is 1. The first kappa shape index (κ1) is 18.3. The Labute approximate surface area is 155 Å². The standard InChI is InChI=1S/C19H26N2O3.ClH/c1-19(2,12-3-6-16-17(9-12)24-8-7-23-16)18(22)21-15-10-13-4-5-14(11-15)20-13;/h3,6,9,13-15,20H,4-5,7-8,10-11H2,1-2H3,(H,21,22);1H. The van der Waals surface area contributed by atoms with Crippen molar-refractivity contribution in [3.63, 3.8) is 0 Å². The molecule has 3 aliphatic rings. The number of amides is 1. The van der Waals surface area contributed by atoms with Crippen molar-refractivity contribution in [3.8, 4) is 11.5 Å². The van der Waals surface area contributed by atoms with Crippen molar-refractivity contribution >= 4 is 18.3 Å². The molecule has 1 amide bonds. The van der Waals surface area contributed by atoms with Crippen molar-refractivity contribution in [1.29, 1.82) is 0 Å². The molecule has 0 radical (unpaired) electrons. The van der Waals surface area contributed by atoms with Gasteiger partial charge in [-0.2, -0.15) is 0 Å². The summed E-state index contributed by atoms with van der Waals surface area (Å²) in [6.07, 6.45) is 4.56. The fourth-order valence-electron chi connectivity index (χ4n) is 4.10. The average Bonchev–Trinajstić information content (AvgIpc) is 2.92. The third kappa shape index (κ3) is 3.58. The molecule has 2 fully saturated rings. The normalized spacial score (nSPS) is 27.4. The smallest absolute Gasteiger partial charge is 0.230 e. The molecule has 2 unspecified atom stereocenters. The minimum absolute atomic E-state index is 0. The van der Waals surface area contributed by atoms with Crippen molar-refractivity contribution in [2.75, 3.05) is 13.2 Å². The molecule has 1 aromatic rings. The molecule has 0 saturated carbocycles. The molecule has 2 bridgehead atoms. The van der Waals surface area contributed by atoms with Crippen molar-refractivity contribution in [1.82, 2.24) is 10.6 Å². The highest BCUT2D eigenvalue weighted by Gasteiger charge is 2.37. The van der Waals surface area contributed by atoms with E-state index >= 15 is 0 Å². The van der Waals surface area contributed by atoms with Gasteiger partial charge in [0.2, 0.25) is 5.91 Å². The third-order valence-electron chi connectivity index (χ3n) is 5.64. The zero-order valence-electron chi connectivity index (χ0n) is 14.8. The minimum Gasteiger partial charge on any atom is -0.486 e. The Morgan fingerprint density at radius 3 is 2.44 bits per heavy atom. The summed E-state index contributed by atoms with van der Waals surface area (Å²) < 4.78 is 11.2. The van der Waals surface area contributed by atoms with Crippen LogP contribution < -0.4 is 20.1 Å². The number of benzene rings is 1. The van der Waals surface area contributed by atoms with Gasteiger partial charge in [-0.15, -0.1) is 12.4 Å². The lowest BCUT2D eigenvalue weighted by Gasteiger charge is -2.33. The number of fused-ring (bicyclic) bond motifs is 3. The fourth-order valence-corrected chi connectivity index (χ4v) is 4.10. The first-order valence-corrected chi connectivity index (χ1v) is 8.99. The van der Waals surface area contributed by atoms with Crippen LogP contribution in [0, 0.1) is 0 Å². The number of nitrogens with one attached hydrogen (secondary N) is 2. The summed E-state index contributed by atoms with van der Waals surface area (Å²) in [7, 11) is 0. The van der Waals surface area contributed by atoms with Gasteiger partial charge in [-0.3, -0.25) is 4.79 Å². The first-order chi connectivity index (χ1) is 11.5. The van der Waals surface area contributed by atoms with Crippen LogP contribution in [-0.4, -0.2) is 37.2 Å². The van der Waals surface area contributed by atoms with Crippen molar-refractivity contribution in [2.24, 2.45) is 0 Å². The summed E-state index contributed by atoms with van der Waals surface area (Å²) in [4.78, 5) is 12.9. The molecular formula is C19H27ClN2O3. The number of hydrogen-bond acceptors (Lipinski definition) is 4. The van der Waals surface area contributed by atoms with E-state index < -0.39 is 5.41 Å². The molecule has 5 nitrogen and oxygen atoms in total. The molecule has 138 valence electrons. The van der Waals surface area contributed by atoms with E-state index in [0.717, 1.165) is 29.9 Å². The van der Waals surface area contributed by atoms with E-state index in [2.05, 4.69) is 10.6 Å². The molecule has 1 aromatic carbocycles. The van der Waals surface area contributed by atoms with Gasteiger partial charge < -0.3 is 20.1 Å². The van der Waals surface area contributed by atoms with Gasteiger partial charge in [0.05, 0.1) is 5.41 Å². The summed E-state index contributed by atoms with van der Waals surface area (Å²) >= 11 is 0. The lowest BCUT2D eigenvalue weighted by molar-refractivity contribution is -0.126. The van der Waals surface area contributed by atoms with Crippen molar-refractivity contribution in [3.05, 3.63) is 23.8 Å².